The second-order valence-corrected chi connectivity index (χ2v) is 3.36. The number of carboxylic acid groups (broad SMARTS) is 1. The third-order valence-corrected chi connectivity index (χ3v) is 2.53. The lowest BCUT2D eigenvalue weighted by molar-refractivity contribution is 0.0689. The molecule has 0 bridgehead atoms. The van der Waals surface area contributed by atoms with Crippen molar-refractivity contribution in [1.29, 1.82) is 0 Å². The predicted octanol–water partition coefficient (Wildman–Crippen LogP) is 0.687. The summed E-state index contributed by atoms with van der Waals surface area (Å²) in [5, 5.41) is 13.4. The molecular weight excluding hydrogens is 164 g/mol. The molecule has 1 aliphatic heterocycles. The first kappa shape index (κ1) is 6.72. The SMILES string of the molecule is O=C(O)c1cc2n(n1)CCS2. The summed E-state index contributed by atoms with van der Waals surface area (Å²) in [6.45, 7) is 0.827. The Morgan fingerprint density at radius 1 is 1.82 bits per heavy atom. The molecule has 0 amide bonds. The molecule has 4 nitrogen and oxygen atoms in total. The lowest BCUT2D eigenvalue weighted by atomic mass is 10.4. The van der Waals surface area contributed by atoms with Crippen molar-refractivity contribution in [3.05, 3.63) is 11.8 Å². The summed E-state index contributed by atoms with van der Waals surface area (Å²) in [4.78, 5) is 10.4. The molecule has 0 fully saturated rings. The molecule has 0 saturated carbocycles. The smallest absolute Gasteiger partial charge is 0.356 e. The minimum atomic E-state index is -0.951. The van der Waals surface area contributed by atoms with Gasteiger partial charge in [-0.15, -0.1) is 11.8 Å². The number of fused-ring (bicyclic) bond motifs is 1. The van der Waals surface area contributed by atoms with Crippen molar-refractivity contribution in [2.24, 2.45) is 0 Å². The second-order valence-electron chi connectivity index (χ2n) is 2.24. The van der Waals surface area contributed by atoms with Crippen LogP contribution in [0.3, 0.4) is 0 Å². The van der Waals surface area contributed by atoms with Crippen LogP contribution in [0.2, 0.25) is 0 Å². The average Bonchev–Trinajstić information content (AvgIpc) is 2.40. The number of hydrogen-bond donors (Lipinski definition) is 1. The normalized spacial score (nSPS) is 14.9. The Morgan fingerprint density at radius 3 is 3.27 bits per heavy atom. The molecule has 1 aromatic rings. The van der Waals surface area contributed by atoms with E-state index in [4.69, 9.17) is 5.11 Å². The number of aryl methyl sites for hydroxylation is 1. The lowest BCUT2D eigenvalue weighted by Crippen LogP contribution is -2.01. The van der Waals surface area contributed by atoms with E-state index >= 15 is 0 Å². The van der Waals surface area contributed by atoms with Crippen molar-refractivity contribution in [3.63, 3.8) is 0 Å². The fourth-order valence-corrected chi connectivity index (χ4v) is 1.97. The van der Waals surface area contributed by atoms with Gasteiger partial charge in [-0.2, -0.15) is 5.10 Å². The molecule has 58 valence electrons. The van der Waals surface area contributed by atoms with Gasteiger partial charge >= 0.3 is 5.97 Å². The number of carbonyl (C=O) groups is 1. The fourth-order valence-electron chi connectivity index (χ4n) is 1.02. The van der Waals surface area contributed by atoms with Gasteiger partial charge in [-0.25, -0.2) is 4.79 Å². The largest absolute Gasteiger partial charge is 0.476 e. The van der Waals surface area contributed by atoms with Gasteiger partial charge in [0.2, 0.25) is 0 Å². The maximum Gasteiger partial charge on any atom is 0.356 e. The molecular formula is C6H6N2O2S. The van der Waals surface area contributed by atoms with Gasteiger partial charge in [-0.05, 0) is 0 Å². The highest BCUT2D eigenvalue weighted by Crippen LogP contribution is 2.25. The van der Waals surface area contributed by atoms with Crippen LogP contribution in [0.5, 0.6) is 0 Å². The Balaban J connectivity index is 2.42. The molecule has 11 heavy (non-hydrogen) atoms. The van der Waals surface area contributed by atoms with Crippen LogP contribution in [-0.4, -0.2) is 26.6 Å². The molecule has 0 saturated heterocycles. The van der Waals surface area contributed by atoms with E-state index in [1.54, 1.807) is 22.5 Å². The highest BCUT2D eigenvalue weighted by Gasteiger charge is 2.17. The Bertz CT molecular complexity index is 286. The summed E-state index contributed by atoms with van der Waals surface area (Å²) in [7, 11) is 0. The second kappa shape index (κ2) is 2.27. The highest BCUT2D eigenvalue weighted by atomic mass is 32.2. The molecule has 1 aliphatic rings. The van der Waals surface area contributed by atoms with Crippen molar-refractivity contribution < 1.29 is 9.90 Å². The molecule has 0 aromatic carbocycles. The van der Waals surface area contributed by atoms with E-state index in [2.05, 4.69) is 5.10 Å². The molecule has 2 heterocycles. The van der Waals surface area contributed by atoms with E-state index in [-0.39, 0.29) is 5.69 Å². The van der Waals surface area contributed by atoms with Crippen LogP contribution in [0.25, 0.3) is 0 Å². The maximum atomic E-state index is 10.4. The van der Waals surface area contributed by atoms with E-state index in [0.717, 1.165) is 17.3 Å². The van der Waals surface area contributed by atoms with Crippen LogP contribution >= 0.6 is 11.8 Å². The number of thioether (sulfide) groups is 1. The summed E-state index contributed by atoms with van der Waals surface area (Å²) >= 11 is 1.64. The van der Waals surface area contributed by atoms with E-state index in [1.807, 2.05) is 0 Å². The summed E-state index contributed by atoms with van der Waals surface area (Å²) in [5.41, 5.74) is 0.146. The first-order chi connectivity index (χ1) is 5.27. The monoisotopic (exact) mass is 170 g/mol. The van der Waals surface area contributed by atoms with Gasteiger partial charge in [-0.3, -0.25) is 4.68 Å². The Morgan fingerprint density at radius 2 is 2.64 bits per heavy atom. The van der Waals surface area contributed by atoms with E-state index < -0.39 is 5.97 Å². The highest BCUT2D eigenvalue weighted by molar-refractivity contribution is 7.99. The third-order valence-electron chi connectivity index (χ3n) is 1.52. The standard InChI is InChI=1S/C6H6N2O2S/c9-6(10)4-3-5-8(7-4)1-2-11-5/h3H,1-2H2,(H,9,10). The fraction of sp³-hybridized carbons (Fsp3) is 0.333. The number of aromatic carboxylic acids is 1. The number of rotatable bonds is 1. The van der Waals surface area contributed by atoms with Crippen LogP contribution < -0.4 is 0 Å². The first-order valence-electron chi connectivity index (χ1n) is 3.21. The molecule has 0 radical (unpaired) electrons. The quantitative estimate of drug-likeness (QED) is 0.673. The van der Waals surface area contributed by atoms with Crippen molar-refractivity contribution in [2.45, 2.75) is 11.6 Å². The van der Waals surface area contributed by atoms with Gasteiger partial charge in [-0.1, -0.05) is 0 Å². The van der Waals surface area contributed by atoms with Gasteiger partial charge in [0.15, 0.2) is 5.69 Å². The Labute approximate surface area is 67.2 Å². The average molecular weight is 170 g/mol. The van der Waals surface area contributed by atoms with Crippen LogP contribution in [-0.2, 0) is 6.54 Å². The predicted molar refractivity (Wildman–Crippen MR) is 39.9 cm³/mol. The van der Waals surface area contributed by atoms with E-state index in [0.29, 0.717) is 0 Å². The number of aromatic nitrogens is 2. The number of nitrogens with zero attached hydrogens (tertiary/aromatic N) is 2. The minimum Gasteiger partial charge on any atom is -0.476 e. The zero-order valence-electron chi connectivity index (χ0n) is 5.65. The van der Waals surface area contributed by atoms with Crippen molar-refractivity contribution in [1.82, 2.24) is 9.78 Å². The molecule has 1 aromatic heterocycles. The van der Waals surface area contributed by atoms with Gasteiger partial charge in [0.05, 0.1) is 11.6 Å². The molecule has 0 spiro atoms. The Kier molecular flexibility index (Phi) is 1.38. The zero-order chi connectivity index (χ0) is 7.84. The number of carboxylic acids is 1. The van der Waals surface area contributed by atoms with Crippen LogP contribution in [0, 0.1) is 0 Å². The molecule has 5 heteroatoms. The summed E-state index contributed by atoms with van der Waals surface area (Å²) in [6.07, 6.45) is 0. The van der Waals surface area contributed by atoms with Crippen LogP contribution in [0.1, 0.15) is 10.5 Å². The van der Waals surface area contributed by atoms with Gasteiger partial charge < -0.3 is 5.11 Å². The molecule has 0 unspecified atom stereocenters. The van der Waals surface area contributed by atoms with Gasteiger partial charge in [0, 0.05) is 11.8 Å². The van der Waals surface area contributed by atoms with E-state index in [9.17, 15) is 4.79 Å². The van der Waals surface area contributed by atoms with Crippen molar-refractivity contribution >= 4 is 17.7 Å². The third kappa shape index (κ3) is 1.01. The van der Waals surface area contributed by atoms with E-state index in [1.165, 1.54) is 0 Å². The molecule has 0 aliphatic carbocycles. The topological polar surface area (TPSA) is 55.1 Å². The van der Waals surface area contributed by atoms with Crippen molar-refractivity contribution in [3.8, 4) is 0 Å². The summed E-state index contributed by atoms with van der Waals surface area (Å²) in [5.74, 6) is 0.0508. The maximum absolute atomic E-state index is 10.4. The Hall–Kier alpha value is -0.970. The van der Waals surface area contributed by atoms with Gasteiger partial charge in [0.25, 0.3) is 0 Å². The minimum absolute atomic E-state index is 0.146. The molecule has 2 rings (SSSR count). The molecule has 1 N–H and O–H groups in total. The first-order valence-corrected chi connectivity index (χ1v) is 4.20. The van der Waals surface area contributed by atoms with Crippen molar-refractivity contribution in [2.75, 3.05) is 5.75 Å². The molecule has 0 atom stereocenters. The van der Waals surface area contributed by atoms with Crippen LogP contribution in [0.15, 0.2) is 11.1 Å². The zero-order valence-corrected chi connectivity index (χ0v) is 6.47. The number of hydrogen-bond acceptors (Lipinski definition) is 3. The summed E-state index contributed by atoms with van der Waals surface area (Å²) < 4.78 is 1.73. The lowest BCUT2D eigenvalue weighted by Gasteiger charge is -1.88. The van der Waals surface area contributed by atoms with Gasteiger partial charge in [0.1, 0.15) is 0 Å². The van der Waals surface area contributed by atoms with Crippen LogP contribution in [0.4, 0.5) is 0 Å². The summed E-state index contributed by atoms with van der Waals surface area (Å²) in [6, 6.07) is 1.61.